The molecule has 3 rings (SSSR count). The number of thiophene rings is 1. The third-order valence-corrected chi connectivity index (χ3v) is 4.56. The first-order chi connectivity index (χ1) is 10.1. The summed E-state index contributed by atoms with van der Waals surface area (Å²) in [5, 5.41) is 4.09. The highest BCUT2D eigenvalue weighted by molar-refractivity contribution is 7.08. The van der Waals surface area contributed by atoms with Gasteiger partial charge < -0.3 is 10.6 Å². The van der Waals surface area contributed by atoms with Gasteiger partial charge in [0, 0.05) is 30.1 Å². The second-order valence-corrected chi connectivity index (χ2v) is 6.27. The van der Waals surface area contributed by atoms with E-state index >= 15 is 0 Å². The Labute approximate surface area is 152 Å². The van der Waals surface area contributed by atoms with Crippen LogP contribution >= 0.6 is 36.2 Å². The van der Waals surface area contributed by atoms with Crippen LogP contribution in [0.3, 0.4) is 0 Å². The summed E-state index contributed by atoms with van der Waals surface area (Å²) in [6.45, 7) is 3.33. The number of halogens is 2. The summed E-state index contributed by atoms with van der Waals surface area (Å²) in [6.07, 6.45) is 1.98. The van der Waals surface area contributed by atoms with Crippen LogP contribution in [0.4, 0.5) is 0 Å². The number of amides is 1. The first kappa shape index (κ1) is 19.9. The second kappa shape index (κ2) is 8.64. The Balaban J connectivity index is 0.00000132. The van der Waals surface area contributed by atoms with E-state index in [0.717, 1.165) is 36.3 Å². The first-order valence-corrected chi connectivity index (χ1v) is 8.14. The van der Waals surface area contributed by atoms with Crippen LogP contribution in [0.25, 0.3) is 11.3 Å². The molecule has 3 heterocycles. The van der Waals surface area contributed by atoms with E-state index in [4.69, 9.17) is 5.73 Å². The number of rotatable bonds is 2. The Hall–Kier alpha value is -1.14. The van der Waals surface area contributed by atoms with Gasteiger partial charge in [-0.15, -0.1) is 24.8 Å². The first-order valence-electron chi connectivity index (χ1n) is 7.20. The molecule has 1 unspecified atom stereocenters. The van der Waals surface area contributed by atoms with Gasteiger partial charge in [0.2, 0.25) is 0 Å². The minimum atomic E-state index is 0. The Morgan fingerprint density at radius 1 is 1.35 bits per heavy atom. The third-order valence-electron chi connectivity index (χ3n) is 3.88. The molecule has 0 radical (unpaired) electrons. The van der Waals surface area contributed by atoms with Crippen LogP contribution in [0.2, 0.25) is 0 Å². The number of carbonyl (C=O) groups excluding carboxylic acids is 1. The van der Waals surface area contributed by atoms with Gasteiger partial charge in [-0.2, -0.15) is 11.3 Å². The number of carbonyl (C=O) groups is 1. The molecule has 0 bridgehead atoms. The van der Waals surface area contributed by atoms with E-state index in [1.54, 1.807) is 11.3 Å². The van der Waals surface area contributed by atoms with Crippen LogP contribution in [-0.2, 0) is 0 Å². The van der Waals surface area contributed by atoms with Crippen LogP contribution in [-0.4, -0.2) is 34.9 Å². The van der Waals surface area contributed by atoms with Gasteiger partial charge in [0.1, 0.15) is 0 Å². The maximum Gasteiger partial charge on any atom is 0.255 e. The SMILES string of the molecule is Cc1nc(-c2ccsc2)ccc1C(=O)N1CCCC(N)C1.Cl.Cl. The molecule has 1 amide bonds. The lowest BCUT2D eigenvalue weighted by atomic mass is 10.0. The van der Waals surface area contributed by atoms with Crippen molar-refractivity contribution in [3.05, 3.63) is 40.2 Å². The molecule has 2 N–H and O–H groups in total. The smallest absolute Gasteiger partial charge is 0.255 e. The Morgan fingerprint density at radius 2 is 2.13 bits per heavy atom. The maximum absolute atomic E-state index is 12.6. The Kier molecular flexibility index (Phi) is 7.48. The lowest BCUT2D eigenvalue weighted by Crippen LogP contribution is -2.45. The van der Waals surface area contributed by atoms with Crippen LogP contribution in [0, 0.1) is 6.92 Å². The summed E-state index contributed by atoms with van der Waals surface area (Å²) in [5.74, 6) is 0.0482. The minimum Gasteiger partial charge on any atom is -0.337 e. The minimum absolute atomic E-state index is 0. The molecule has 1 fully saturated rings. The van der Waals surface area contributed by atoms with Crippen molar-refractivity contribution in [2.45, 2.75) is 25.8 Å². The predicted octanol–water partition coefficient (Wildman–Crippen LogP) is 3.53. The summed E-state index contributed by atoms with van der Waals surface area (Å²) in [6, 6.07) is 5.95. The van der Waals surface area contributed by atoms with Gasteiger partial charge in [-0.05, 0) is 43.3 Å². The number of piperidine rings is 1. The fourth-order valence-corrected chi connectivity index (χ4v) is 3.37. The van der Waals surface area contributed by atoms with Gasteiger partial charge in [0.25, 0.3) is 5.91 Å². The lowest BCUT2D eigenvalue weighted by molar-refractivity contribution is 0.0707. The van der Waals surface area contributed by atoms with Gasteiger partial charge in [-0.1, -0.05) is 0 Å². The van der Waals surface area contributed by atoms with Crippen molar-refractivity contribution >= 4 is 42.1 Å². The average Bonchev–Trinajstić information content (AvgIpc) is 3.00. The monoisotopic (exact) mass is 373 g/mol. The molecule has 0 aromatic carbocycles. The van der Waals surface area contributed by atoms with Crippen molar-refractivity contribution in [3.8, 4) is 11.3 Å². The second-order valence-electron chi connectivity index (χ2n) is 5.49. The van der Waals surface area contributed by atoms with E-state index in [1.807, 2.05) is 35.4 Å². The van der Waals surface area contributed by atoms with Crippen molar-refractivity contribution in [3.63, 3.8) is 0 Å². The number of aryl methyl sites for hydroxylation is 1. The van der Waals surface area contributed by atoms with E-state index in [9.17, 15) is 4.79 Å². The molecular formula is C16H21Cl2N3OS. The van der Waals surface area contributed by atoms with Gasteiger partial charge >= 0.3 is 0 Å². The van der Waals surface area contributed by atoms with Gasteiger partial charge in [-0.3, -0.25) is 9.78 Å². The van der Waals surface area contributed by atoms with Crippen molar-refractivity contribution < 1.29 is 4.79 Å². The summed E-state index contributed by atoms with van der Waals surface area (Å²) in [4.78, 5) is 19.0. The highest BCUT2D eigenvalue weighted by Gasteiger charge is 2.23. The third kappa shape index (κ3) is 4.44. The quantitative estimate of drug-likeness (QED) is 0.875. The molecule has 23 heavy (non-hydrogen) atoms. The van der Waals surface area contributed by atoms with Crippen molar-refractivity contribution in [2.75, 3.05) is 13.1 Å². The number of pyridine rings is 1. The van der Waals surface area contributed by atoms with Crippen LogP contribution in [0.5, 0.6) is 0 Å². The zero-order valence-electron chi connectivity index (χ0n) is 12.9. The molecule has 1 atom stereocenters. The molecule has 2 aromatic rings. The largest absolute Gasteiger partial charge is 0.337 e. The predicted molar refractivity (Wildman–Crippen MR) is 99.9 cm³/mol. The van der Waals surface area contributed by atoms with E-state index in [0.29, 0.717) is 12.1 Å². The number of nitrogens with zero attached hydrogens (tertiary/aromatic N) is 2. The highest BCUT2D eigenvalue weighted by Crippen LogP contribution is 2.22. The standard InChI is InChI=1S/C16H19N3OS.2ClH/c1-11-14(16(20)19-7-2-3-13(17)9-19)4-5-15(18-11)12-6-8-21-10-12;;/h4-6,8,10,13H,2-3,7,9,17H2,1H3;2*1H. The molecular weight excluding hydrogens is 353 g/mol. The number of hydrogen-bond acceptors (Lipinski definition) is 4. The Bertz CT molecular complexity index is 649. The van der Waals surface area contributed by atoms with E-state index in [-0.39, 0.29) is 36.8 Å². The van der Waals surface area contributed by atoms with Crippen molar-refractivity contribution in [2.24, 2.45) is 5.73 Å². The fraction of sp³-hybridized carbons (Fsp3) is 0.375. The zero-order chi connectivity index (χ0) is 14.8. The topological polar surface area (TPSA) is 59.2 Å². The van der Waals surface area contributed by atoms with Crippen molar-refractivity contribution in [1.82, 2.24) is 9.88 Å². The van der Waals surface area contributed by atoms with Crippen LogP contribution in [0.1, 0.15) is 28.9 Å². The molecule has 4 nitrogen and oxygen atoms in total. The van der Waals surface area contributed by atoms with E-state index < -0.39 is 0 Å². The van der Waals surface area contributed by atoms with Gasteiger partial charge in [-0.25, -0.2) is 0 Å². The summed E-state index contributed by atoms with van der Waals surface area (Å²) >= 11 is 1.64. The molecule has 1 aliphatic rings. The normalized spacial score (nSPS) is 17.1. The van der Waals surface area contributed by atoms with Gasteiger partial charge in [0.05, 0.1) is 17.0 Å². The molecule has 0 aliphatic carbocycles. The molecule has 0 saturated carbocycles. The fourth-order valence-electron chi connectivity index (χ4n) is 2.72. The van der Waals surface area contributed by atoms with Gasteiger partial charge in [0.15, 0.2) is 0 Å². The number of hydrogen-bond donors (Lipinski definition) is 1. The molecule has 126 valence electrons. The lowest BCUT2D eigenvalue weighted by Gasteiger charge is -2.31. The summed E-state index contributed by atoms with van der Waals surface area (Å²) < 4.78 is 0. The zero-order valence-corrected chi connectivity index (χ0v) is 15.3. The summed E-state index contributed by atoms with van der Waals surface area (Å²) in [7, 11) is 0. The van der Waals surface area contributed by atoms with E-state index in [2.05, 4.69) is 10.4 Å². The van der Waals surface area contributed by atoms with Crippen LogP contribution in [0.15, 0.2) is 29.0 Å². The summed E-state index contributed by atoms with van der Waals surface area (Å²) in [5.41, 5.74) is 9.44. The molecule has 7 heteroatoms. The van der Waals surface area contributed by atoms with E-state index in [1.165, 1.54) is 0 Å². The number of aromatic nitrogens is 1. The highest BCUT2D eigenvalue weighted by atomic mass is 35.5. The molecule has 2 aromatic heterocycles. The van der Waals surface area contributed by atoms with Crippen molar-refractivity contribution in [1.29, 1.82) is 0 Å². The molecule has 1 aliphatic heterocycles. The average molecular weight is 374 g/mol. The number of nitrogens with two attached hydrogens (primary N) is 1. The van der Waals surface area contributed by atoms with Crippen LogP contribution < -0.4 is 5.73 Å². The molecule has 1 saturated heterocycles. The molecule has 0 spiro atoms. The Morgan fingerprint density at radius 3 is 2.74 bits per heavy atom. The maximum atomic E-state index is 12.6. The number of likely N-dealkylation sites (tertiary alicyclic amines) is 1.